The molecule has 7 aliphatic rings. The second-order valence-corrected chi connectivity index (χ2v) is 20.0. The molecule has 8 N–H and O–H groups in total. The molecule has 5 aliphatic carbocycles. The lowest BCUT2D eigenvalue weighted by atomic mass is 9.39. The van der Waals surface area contributed by atoms with Crippen LogP contribution in [-0.2, 0) is 23.7 Å². The lowest BCUT2D eigenvalue weighted by Crippen LogP contribution is -2.63. The van der Waals surface area contributed by atoms with Crippen LogP contribution >= 0.6 is 0 Å². The van der Waals surface area contributed by atoms with E-state index >= 15 is 0 Å². The van der Waals surface area contributed by atoms with Gasteiger partial charge in [0.15, 0.2) is 6.29 Å². The van der Waals surface area contributed by atoms with Gasteiger partial charge in [-0.2, -0.15) is 0 Å². The van der Waals surface area contributed by atoms with Gasteiger partial charge < -0.3 is 59.8 Å². The van der Waals surface area contributed by atoms with Gasteiger partial charge in [-0.3, -0.25) is 4.79 Å². The zero-order valence-corrected chi connectivity index (χ0v) is 32.9. The highest BCUT2D eigenvalue weighted by Crippen LogP contribution is 2.71. The number of carbonyl (C=O) groups is 1. The van der Waals surface area contributed by atoms with Gasteiger partial charge in [-0.05, 0) is 105 Å². The Morgan fingerprint density at radius 2 is 1.37 bits per heavy atom. The molecule has 2 saturated heterocycles. The van der Waals surface area contributed by atoms with Crippen molar-refractivity contribution in [3.63, 3.8) is 0 Å². The molecule has 54 heavy (non-hydrogen) atoms. The van der Waals surface area contributed by atoms with Crippen LogP contribution in [0.5, 0.6) is 0 Å². The van der Waals surface area contributed by atoms with Crippen LogP contribution in [0.2, 0.25) is 0 Å². The first kappa shape index (κ1) is 40.9. The van der Waals surface area contributed by atoms with Gasteiger partial charge in [0.05, 0.1) is 24.7 Å². The minimum absolute atomic E-state index is 0.0218. The first-order valence-corrected chi connectivity index (χ1v) is 20.5. The van der Waals surface area contributed by atoms with Crippen molar-refractivity contribution in [3.8, 4) is 0 Å². The SMILES string of the molecule is CC1(C)CC[C@]2(C(=O)O[C@@H]3O[C@H](CO[C@@H]4O[C@H](CO)[C@@H](O)[C@H](O)[C@H]4O)[C@@H](O)[C@H](O)[C@H]3O)CCC3=C(CC[C@H]4[C@H]3CC[C@H]3C(C)(C)[C@@H](O)CC[C@]43C)[C@]2(C)C1. The second kappa shape index (κ2) is 14.2. The predicted octanol–water partition coefficient (Wildman–Crippen LogP) is 2.07. The summed E-state index contributed by atoms with van der Waals surface area (Å²) in [4.78, 5) is 14.8. The largest absolute Gasteiger partial charge is 0.432 e. The van der Waals surface area contributed by atoms with Crippen LogP contribution in [0.15, 0.2) is 11.1 Å². The average Bonchev–Trinajstić information content (AvgIpc) is 3.12. The molecular formula is C41H66O13. The van der Waals surface area contributed by atoms with Gasteiger partial charge in [-0.25, -0.2) is 0 Å². The fraction of sp³-hybridized carbons (Fsp3) is 0.927. The summed E-state index contributed by atoms with van der Waals surface area (Å²) in [6, 6.07) is 0. The standard InChI is InChI=1S/C41H66O13/c1-37(2)15-16-41(36(50)54-35-33(49)31(47)29(45)25(53-35)18-51-34-32(48)30(46)28(44)24(17-42)52-34)14-11-21-20-7-10-26-38(3,4)27(43)12-13-39(26,5)22(20)8-9-23(21)40(41,6)19-37/h20,22,24-35,42-49H,7-19H2,1-6H3/t20-,22-,24+,25+,26-,27-,28+,29+,30-,31-,32+,33+,34+,35-,39+,40-,41-/m0/s1. The number of esters is 1. The summed E-state index contributed by atoms with van der Waals surface area (Å²) >= 11 is 0. The quantitative estimate of drug-likeness (QED) is 0.144. The fourth-order valence-electron chi connectivity index (χ4n) is 13.2. The smallest absolute Gasteiger partial charge is 0.315 e. The number of fused-ring (bicyclic) bond motifs is 6. The number of hydrogen-bond donors (Lipinski definition) is 8. The van der Waals surface area contributed by atoms with Crippen molar-refractivity contribution < 1.29 is 64.6 Å². The van der Waals surface area contributed by atoms with Crippen LogP contribution in [-0.4, -0.2) is 128 Å². The van der Waals surface area contributed by atoms with Crippen LogP contribution in [0.1, 0.15) is 112 Å². The average molecular weight is 767 g/mol. The van der Waals surface area contributed by atoms with Gasteiger partial charge in [0.25, 0.3) is 0 Å². The maximum absolute atomic E-state index is 14.8. The molecular weight excluding hydrogens is 700 g/mol. The lowest BCUT2D eigenvalue weighted by Gasteiger charge is -2.65. The van der Waals surface area contributed by atoms with Gasteiger partial charge in [-0.1, -0.05) is 52.7 Å². The molecule has 0 unspecified atom stereocenters. The zero-order valence-electron chi connectivity index (χ0n) is 32.9. The Bertz CT molecular complexity index is 1450. The molecule has 0 aromatic carbocycles. The molecule has 0 aromatic rings. The van der Waals surface area contributed by atoms with Crippen molar-refractivity contribution in [2.24, 2.45) is 44.8 Å². The van der Waals surface area contributed by atoms with Crippen molar-refractivity contribution in [2.75, 3.05) is 13.2 Å². The number of carbonyl (C=O) groups excluding carboxylic acids is 1. The second-order valence-electron chi connectivity index (χ2n) is 20.0. The predicted molar refractivity (Wildman–Crippen MR) is 193 cm³/mol. The molecule has 0 bridgehead atoms. The third-order valence-corrected chi connectivity index (χ3v) is 16.3. The number of aliphatic hydroxyl groups excluding tert-OH is 8. The summed E-state index contributed by atoms with van der Waals surface area (Å²) in [6.45, 7) is 12.6. The molecule has 0 amide bonds. The zero-order chi connectivity index (χ0) is 39.3. The number of aliphatic hydroxyl groups is 8. The number of hydrogen-bond acceptors (Lipinski definition) is 13. The first-order chi connectivity index (χ1) is 25.2. The maximum atomic E-state index is 14.8. The van der Waals surface area contributed by atoms with E-state index in [1.807, 2.05) is 0 Å². The number of ether oxygens (including phenoxy) is 4. The van der Waals surface area contributed by atoms with Crippen LogP contribution in [0, 0.1) is 44.8 Å². The Morgan fingerprint density at radius 1 is 0.722 bits per heavy atom. The molecule has 5 fully saturated rings. The summed E-state index contributed by atoms with van der Waals surface area (Å²) in [7, 11) is 0. The van der Waals surface area contributed by atoms with Crippen LogP contribution in [0.25, 0.3) is 0 Å². The molecule has 7 rings (SSSR count). The topological polar surface area (TPSA) is 216 Å². The number of allylic oxidation sites excluding steroid dienone is 2. The summed E-state index contributed by atoms with van der Waals surface area (Å²) < 4.78 is 23.0. The summed E-state index contributed by atoms with van der Waals surface area (Å²) in [5, 5.41) is 84.0. The molecule has 17 atom stereocenters. The minimum Gasteiger partial charge on any atom is -0.432 e. The van der Waals surface area contributed by atoms with Gasteiger partial charge in [0, 0.05) is 5.41 Å². The Morgan fingerprint density at radius 3 is 2.06 bits per heavy atom. The van der Waals surface area contributed by atoms with Crippen LogP contribution < -0.4 is 0 Å². The normalized spacial score (nSPS) is 51.3. The van der Waals surface area contributed by atoms with Crippen molar-refractivity contribution in [3.05, 3.63) is 11.1 Å². The summed E-state index contributed by atoms with van der Waals surface area (Å²) in [6.07, 6.45) is -6.49. The molecule has 3 saturated carbocycles. The first-order valence-electron chi connectivity index (χ1n) is 20.5. The van der Waals surface area contributed by atoms with E-state index in [0.717, 1.165) is 57.8 Å². The van der Waals surface area contributed by atoms with E-state index in [2.05, 4.69) is 41.5 Å². The lowest BCUT2D eigenvalue weighted by molar-refractivity contribution is -0.328. The van der Waals surface area contributed by atoms with Crippen LogP contribution in [0.4, 0.5) is 0 Å². The van der Waals surface area contributed by atoms with Gasteiger partial charge >= 0.3 is 5.97 Å². The van der Waals surface area contributed by atoms with Gasteiger partial charge in [0.1, 0.15) is 48.8 Å². The minimum atomic E-state index is -1.76. The highest BCUT2D eigenvalue weighted by molar-refractivity contribution is 5.80. The van der Waals surface area contributed by atoms with E-state index in [4.69, 9.17) is 18.9 Å². The van der Waals surface area contributed by atoms with E-state index in [1.165, 1.54) is 11.1 Å². The fourth-order valence-corrected chi connectivity index (χ4v) is 13.2. The maximum Gasteiger partial charge on any atom is 0.315 e. The van der Waals surface area contributed by atoms with E-state index in [9.17, 15) is 45.6 Å². The van der Waals surface area contributed by atoms with Gasteiger partial charge in [-0.15, -0.1) is 0 Å². The Hall–Kier alpha value is -1.23. The third kappa shape index (κ3) is 6.26. The van der Waals surface area contributed by atoms with E-state index in [0.29, 0.717) is 30.6 Å². The van der Waals surface area contributed by atoms with Crippen molar-refractivity contribution in [1.29, 1.82) is 0 Å². The summed E-state index contributed by atoms with van der Waals surface area (Å²) in [5.74, 6) is 0.944. The highest BCUT2D eigenvalue weighted by Gasteiger charge is 2.66. The summed E-state index contributed by atoms with van der Waals surface area (Å²) in [5.41, 5.74) is 1.52. The van der Waals surface area contributed by atoms with E-state index in [1.54, 1.807) is 0 Å². The Labute approximate surface area is 319 Å². The monoisotopic (exact) mass is 766 g/mol. The Kier molecular flexibility index (Phi) is 10.8. The van der Waals surface area contributed by atoms with Crippen molar-refractivity contribution in [2.45, 2.75) is 180 Å². The third-order valence-electron chi connectivity index (χ3n) is 16.3. The van der Waals surface area contributed by atoms with Gasteiger partial charge in [0.2, 0.25) is 6.29 Å². The number of rotatable bonds is 6. The highest BCUT2D eigenvalue weighted by atomic mass is 16.7. The van der Waals surface area contributed by atoms with E-state index < -0.39 is 91.4 Å². The van der Waals surface area contributed by atoms with Crippen LogP contribution in [0.3, 0.4) is 0 Å². The van der Waals surface area contributed by atoms with Crippen molar-refractivity contribution in [1.82, 2.24) is 0 Å². The van der Waals surface area contributed by atoms with E-state index in [-0.39, 0.29) is 22.3 Å². The van der Waals surface area contributed by atoms with Crippen molar-refractivity contribution >= 4 is 5.97 Å². The molecule has 13 heteroatoms. The molecule has 0 spiro atoms. The molecule has 0 aromatic heterocycles. The Balaban J connectivity index is 1.12. The molecule has 2 aliphatic heterocycles. The molecule has 2 heterocycles. The molecule has 13 nitrogen and oxygen atoms in total. The molecule has 0 radical (unpaired) electrons. The molecule has 308 valence electrons.